The summed E-state index contributed by atoms with van der Waals surface area (Å²) in [6, 6.07) is 8.37. The Balaban J connectivity index is 1.90. The maximum absolute atomic E-state index is 5.64. The number of para-hydroxylation sites is 1. The second kappa shape index (κ2) is 6.89. The lowest BCUT2D eigenvalue weighted by Gasteiger charge is -2.17. The molecule has 0 spiro atoms. The van der Waals surface area contributed by atoms with Gasteiger partial charge < -0.3 is 10.1 Å². The summed E-state index contributed by atoms with van der Waals surface area (Å²) in [5, 5.41) is 10.2. The molecule has 1 aromatic heterocycles. The van der Waals surface area contributed by atoms with E-state index in [1.165, 1.54) is 11.9 Å². The first kappa shape index (κ1) is 13.5. The highest BCUT2D eigenvalue weighted by molar-refractivity contribution is 5.35. The molecule has 19 heavy (non-hydrogen) atoms. The fraction of sp³-hybridized carbons (Fsp3) is 0.429. The van der Waals surface area contributed by atoms with Gasteiger partial charge in [-0.2, -0.15) is 5.10 Å². The van der Waals surface area contributed by atoms with E-state index < -0.39 is 0 Å². The summed E-state index contributed by atoms with van der Waals surface area (Å²) in [5.41, 5.74) is 1.18. The first-order valence-corrected chi connectivity index (χ1v) is 6.60. The molecule has 2 rings (SSSR count). The Morgan fingerprint density at radius 3 is 2.95 bits per heavy atom. The number of aromatic amines is 1. The summed E-state index contributed by atoms with van der Waals surface area (Å²) in [4.78, 5) is 4.10. The van der Waals surface area contributed by atoms with Crippen molar-refractivity contribution in [3.05, 3.63) is 42.0 Å². The highest BCUT2D eigenvalue weighted by Gasteiger charge is 2.10. The number of hydrogen-bond donors (Lipinski definition) is 2. The van der Waals surface area contributed by atoms with Crippen LogP contribution in [0.2, 0.25) is 0 Å². The van der Waals surface area contributed by atoms with Crippen LogP contribution in [-0.4, -0.2) is 28.3 Å². The number of ether oxygens (including phenoxy) is 1. The number of nitrogens with zero attached hydrogens (tertiary/aromatic N) is 2. The van der Waals surface area contributed by atoms with E-state index in [2.05, 4.69) is 33.5 Å². The van der Waals surface area contributed by atoms with Crippen LogP contribution >= 0.6 is 0 Å². The smallest absolute Gasteiger partial charge is 0.137 e. The third-order valence-corrected chi connectivity index (χ3v) is 2.96. The van der Waals surface area contributed by atoms with Crippen molar-refractivity contribution in [3.8, 4) is 5.75 Å². The average Bonchev–Trinajstić information content (AvgIpc) is 2.93. The van der Waals surface area contributed by atoms with E-state index in [9.17, 15) is 0 Å². The van der Waals surface area contributed by atoms with Gasteiger partial charge in [0.25, 0.3) is 0 Å². The van der Waals surface area contributed by atoms with Crippen molar-refractivity contribution in [1.82, 2.24) is 20.5 Å². The number of hydrogen-bond acceptors (Lipinski definition) is 4. The first-order valence-electron chi connectivity index (χ1n) is 6.60. The Morgan fingerprint density at radius 2 is 2.21 bits per heavy atom. The molecule has 0 saturated carbocycles. The Bertz CT molecular complexity index is 484. The predicted octanol–water partition coefficient (Wildman–Crippen LogP) is 2.10. The third-order valence-electron chi connectivity index (χ3n) is 2.96. The van der Waals surface area contributed by atoms with Crippen molar-refractivity contribution in [2.75, 3.05) is 13.2 Å². The summed E-state index contributed by atoms with van der Waals surface area (Å²) >= 11 is 0. The minimum atomic E-state index is 0.241. The first-order chi connectivity index (χ1) is 9.31. The summed E-state index contributed by atoms with van der Waals surface area (Å²) in [5.74, 6) is 1.85. The van der Waals surface area contributed by atoms with Crippen LogP contribution in [0.5, 0.6) is 5.75 Å². The fourth-order valence-electron chi connectivity index (χ4n) is 1.99. The number of benzene rings is 1. The van der Waals surface area contributed by atoms with Gasteiger partial charge in [0.2, 0.25) is 0 Å². The number of nitrogens with one attached hydrogen (secondary N) is 2. The molecule has 2 aromatic rings. The molecular formula is C14H20N4O. The molecule has 0 aliphatic carbocycles. The third kappa shape index (κ3) is 3.79. The van der Waals surface area contributed by atoms with Crippen molar-refractivity contribution in [2.24, 2.45) is 0 Å². The second-order valence-electron chi connectivity index (χ2n) is 4.33. The van der Waals surface area contributed by atoms with Crippen LogP contribution < -0.4 is 10.1 Å². The molecule has 5 nitrogen and oxygen atoms in total. The van der Waals surface area contributed by atoms with E-state index in [0.29, 0.717) is 6.61 Å². The molecule has 0 radical (unpaired) electrons. The van der Waals surface area contributed by atoms with Crippen molar-refractivity contribution in [2.45, 2.75) is 26.3 Å². The SMILES string of the molecule is CCOc1ccccc1C(C)NCCc1ncn[nH]1. The van der Waals surface area contributed by atoms with Crippen LogP contribution in [0.25, 0.3) is 0 Å². The molecular weight excluding hydrogens is 240 g/mol. The Labute approximate surface area is 113 Å². The lowest BCUT2D eigenvalue weighted by atomic mass is 10.1. The van der Waals surface area contributed by atoms with E-state index in [1.54, 1.807) is 0 Å². The minimum absolute atomic E-state index is 0.241. The van der Waals surface area contributed by atoms with Crippen molar-refractivity contribution in [1.29, 1.82) is 0 Å². The van der Waals surface area contributed by atoms with E-state index in [4.69, 9.17) is 4.74 Å². The highest BCUT2D eigenvalue weighted by atomic mass is 16.5. The van der Waals surface area contributed by atoms with E-state index in [1.807, 2.05) is 25.1 Å². The summed E-state index contributed by atoms with van der Waals surface area (Å²) in [6.45, 7) is 5.66. The summed E-state index contributed by atoms with van der Waals surface area (Å²) in [7, 11) is 0. The molecule has 0 saturated heterocycles. The van der Waals surface area contributed by atoms with Gasteiger partial charge in [-0.1, -0.05) is 18.2 Å². The number of rotatable bonds is 7. The molecule has 0 fully saturated rings. The normalized spacial score (nSPS) is 12.3. The lowest BCUT2D eigenvalue weighted by Crippen LogP contribution is -2.22. The molecule has 2 N–H and O–H groups in total. The summed E-state index contributed by atoms with van der Waals surface area (Å²) in [6.07, 6.45) is 2.37. The van der Waals surface area contributed by atoms with Crippen molar-refractivity contribution in [3.63, 3.8) is 0 Å². The van der Waals surface area contributed by atoms with Gasteiger partial charge in [-0.25, -0.2) is 4.98 Å². The summed E-state index contributed by atoms with van der Waals surface area (Å²) < 4.78 is 5.64. The van der Waals surface area contributed by atoms with Crippen molar-refractivity contribution >= 4 is 0 Å². The second-order valence-corrected chi connectivity index (χ2v) is 4.33. The van der Waals surface area contributed by atoms with Gasteiger partial charge in [0.1, 0.15) is 17.9 Å². The zero-order valence-electron chi connectivity index (χ0n) is 11.4. The van der Waals surface area contributed by atoms with Crippen LogP contribution in [0.15, 0.2) is 30.6 Å². The van der Waals surface area contributed by atoms with Crippen LogP contribution in [0, 0.1) is 0 Å². The van der Waals surface area contributed by atoms with Gasteiger partial charge in [-0.3, -0.25) is 5.10 Å². The number of aromatic nitrogens is 3. The molecule has 1 heterocycles. The quantitative estimate of drug-likeness (QED) is 0.800. The topological polar surface area (TPSA) is 62.8 Å². The van der Waals surface area contributed by atoms with E-state index >= 15 is 0 Å². The molecule has 0 amide bonds. The average molecular weight is 260 g/mol. The predicted molar refractivity (Wildman–Crippen MR) is 74.1 cm³/mol. The lowest BCUT2D eigenvalue weighted by molar-refractivity contribution is 0.332. The highest BCUT2D eigenvalue weighted by Crippen LogP contribution is 2.24. The molecule has 1 atom stereocenters. The molecule has 5 heteroatoms. The van der Waals surface area contributed by atoms with Crippen LogP contribution in [0.3, 0.4) is 0 Å². The van der Waals surface area contributed by atoms with Gasteiger partial charge in [0.15, 0.2) is 0 Å². The Morgan fingerprint density at radius 1 is 1.37 bits per heavy atom. The van der Waals surface area contributed by atoms with Crippen LogP contribution in [-0.2, 0) is 6.42 Å². The monoisotopic (exact) mass is 260 g/mol. The maximum Gasteiger partial charge on any atom is 0.137 e. The standard InChI is InChI=1S/C14H20N4O/c1-3-19-13-7-5-4-6-12(13)11(2)15-9-8-14-16-10-17-18-14/h4-7,10-11,15H,3,8-9H2,1-2H3,(H,16,17,18). The van der Waals surface area contributed by atoms with E-state index in [-0.39, 0.29) is 6.04 Å². The number of H-pyrrole nitrogens is 1. The van der Waals surface area contributed by atoms with Gasteiger partial charge in [-0.05, 0) is 19.9 Å². The molecule has 1 unspecified atom stereocenters. The Kier molecular flexibility index (Phi) is 4.92. The van der Waals surface area contributed by atoms with Gasteiger partial charge in [0, 0.05) is 24.6 Å². The molecule has 1 aromatic carbocycles. The maximum atomic E-state index is 5.64. The van der Waals surface area contributed by atoms with Gasteiger partial charge >= 0.3 is 0 Å². The fourth-order valence-corrected chi connectivity index (χ4v) is 1.99. The molecule has 102 valence electrons. The minimum Gasteiger partial charge on any atom is -0.494 e. The Hall–Kier alpha value is -1.88. The largest absolute Gasteiger partial charge is 0.494 e. The van der Waals surface area contributed by atoms with Gasteiger partial charge in [-0.15, -0.1) is 0 Å². The zero-order valence-corrected chi connectivity index (χ0v) is 11.4. The van der Waals surface area contributed by atoms with E-state index in [0.717, 1.165) is 24.5 Å². The molecule has 0 bridgehead atoms. The van der Waals surface area contributed by atoms with Gasteiger partial charge in [0.05, 0.1) is 6.61 Å². The molecule has 0 aliphatic heterocycles. The zero-order chi connectivity index (χ0) is 13.5. The van der Waals surface area contributed by atoms with Crippen LogP contribution in [0.4, 0.5) is 0 Å². The molecule has 0 aliphatic rings. The van der Waals surface area contributed by atoms with Crippen molar-refractivity contribution < 1.29 is 4.74 Å². The van der Waals surface area contributed by atoms with Crippen LogP contribution in [0.1, 0.15) is 31.3 Å².